The van der Waals surface area contributed by atoms with E-state index in [2.05, 4.69) is 10.6 Å². The smallest absolute Gasteiger partial charge is 0.411 e. The fourth-order valence-corrected chi connectivity index (χ4v) is 2.77. The molecule has 1 heterocycles. The number of amides is 1. The van der Waals surface area contributed by atoms with E-state index in [1.165, 1.54) is 17.0 Å². The standard InChI is InChI=1S/C15H17N3O4S/c1-3-22-15(19)17-13-7-5-11(8-14(13)18(20)21)16-9-12-6-4-10(2)23-12/h4-8,16H,3,9H2,1-2H3,(H,17,19). The molecule has 122 valence electrons. The first kappa shape index (κ1) is 16.8. The molecular formula is C15H17N3O4S. The second-order valence-electron chi connectivity index (χ2n) is 4.70. The Morgan fingerprint density at radius 3 is 2.74 bits per heavy atom. The van der Waals surface area contributed by atoms with Crippen LogP contribution >= 0.6 is 11.3 Å². The maximum absolute atomic E-state index is 11.4. The first-order chi connectivity index (χ1) is 11.0. The van der Waals surface area contributed by atoms with Crippen molar-refractivity contribution in [3.8, 4) is 0 Å². The highest BCUT2D eigenvalue weighted by atomic mass is 32.1. The van der Waals surface area contributed by atoms with E-state index in [9.17, 15) is 14.9 Å². The molecule has 0 saturated carbocycles. The summed E-state index contributed by atoms with van der Waals surface area (Å²) in [6, 6.07) is 8.59. The quantitative estimate of drug-likeness (QED) is 0.611. The van der Waals surface area contributed by atoms with Gasteiger partial charge in [-0.2, -0.15) is 0 Å². The predicted molar refractivity (Wildman–Crippen MR) is 90.1 cm³/mol. The maximum Gasteiger partial charge on any atom is 0.411 e. The third-order valence-corrected chi connectivity index (χ3v) is 3.97. The highest BCUT2D eigenvalue weighted by Crippen LogP contribution is 2.28. The summed E-state index contributed by atoms with van der Waals surface area (Å²) in [5, 5.41) is 16.7. The van der Waals surface area contributed by atoms with Crippen LogP contribution in [0.1, 0.15) is 16.7 Å². The molecular weight excluding hydrogens is 318 g/mol. The number of ether oxygens (including phenoxy) is 1. The number of nitro benzene ring substituents is 1. The first-order valence-corrected chi connectivity index (χ1v) is 7.82. The molecule has 1 aromatic carbocycles. The first-order valence-electron chi connectivity index (χ1n) is 7.01. The van der Waals surface area contributed by atoms with Crippen molar-refractivity contribution in [2.24, 2.45) is 0 Å². The van der Waals surface area contributed by atoms with Crippen molar-refractivity contribution in [2.75, 3.05) is 17.2 Å². The number of carbonyl (C=O) groups is 1. The Morgan fingerprint density at radius 2 is 2.13 bits per heavy atom. The molecule has 2 N–H and O–H groups in total. The highest BCUT2D eigenvalue weighted by molar-refractivity contribution is 7.11. The molecule has 0 aliphatic carbocycles. The zero-order chi connectivity index (χ0) is 16.8. The monoisotopic (exact) mass is 335 g/mol. The minimum Gasteiger partial charge on any atom is -0.450 e. The van der Waals surface area contributed by atoms with Gasteiger partial charge in [-0.05, 0) is 38.1 Å². The lowest BCUT2D eigenvalue weighted by Crippen LogP contribution is -2.14. The van der Waals surface area contributed by atoms with Crippen molar-refractivity contribution in [2.45, 2.75) is 20.4 Å². The fourth-order valence-electron chi connectivity index (χ4n) is 1.94. The second-order valence-corrected chi connectivity index (χ2v) is 6.07. The number of benzene rings is 1. The van der Waals surface area contributed by atoms with Gasteiger partial charge in [0.2, 0.25) is 0 Å². The van der Waals surface area contributed by atoms with Crippen LogP contribution in [0.5, 0.6) is 0 Å². The normalized spacial score (nSPS) is 10.2. The zero-order valence-corrected chi connectivity index (χ0v) is 13.6. The minimum absolute atomic E-state index is 0.103. The van der Waals surface area contributed by atoms with Crippen molar-refractivity contribution < 1.29 is 14.5 Å². The SMILES string of the molecule is CCOC(=O)Nc1ccc(NCc2ccc(C)s2)cc1[N+](=O)[O-]. The van der Waals surface area contributed by atoms with Crippen LogP contribution in [-0.4, -0.2) is 17.6 Å². The molecule has 1 aromatic heterocycles. The molecule has 0 unspecified atom stereocenters. The Kier molecular flexibility index (Phi) is 5.53. The molecule has 0 aliphatic heterocycles. The van der Waals surface area contributed by atoms with Gasteiger partial charge in [-0.15, -0.1) is 11.3 Å². The number of rotatable bonds is 6. The van der Waals surface area contributed by atoms with Gasteiger partial charge in [0.25, 0.3) is 5.69 Å². The van der Waals surface area contributed by atoms with Gasteiger partial charge in [0.15, 0.2) is 0 Å². The summed E-state index contributed by atoms with van der Waals surface area (Å²) < 4.78 is 4.73. The van der Waals surface area contributed by atoms with Gasteiger partial charge in [-0.1, -0.05) is 0 Å². The van der Waals surface area contributed by atoms with Crippen molar-refractivity contribution in [1.82, 2.24) is 0 Å². The average molecular weight is 335 g/mol. The Hall–Kier alpha value is -2.61. The molecule has 0 spiro atoms. The van der Waals surface area contributed by atoms with E-state index in [1.807, 2.05) is 19.1 Å². The average Bonchev–Trinajstić information content (AvgIpc) is 2.92. The summed E-state index contributed by atoms with van der Waals surface area (Å²) in [6.07, 6.45) is -0.717. The van der Waals surface area contributed by atoms with Crippen LogP contribution < -0.4 is 10.6 Å². The Bertz CT molecular complexity index is 714. The summed E-state index contributed by atoms with van der Waals surface area (Å²) in [4.78, 5) is 24.4. The van der Waals surface area contributed by atoms with Gasteiger partial charge in [-0.25, -0.2) is 4.79 Å². The highest BCUT2D eigenvalue weighted by Gasteiger charge is 2.17. The molecule has 0 fully saturated rings. The van der Waals surface area contributed by atoms with E-state index in [0.717, 1.165) is 4.88 Å². The third kappa shape index (κ3) is 4.68. The summed E-state index contributed by atoms with van der Waals surface area (Å²) >= 11 is 1.66. The number of hydrogen-bond donors (Lipinski definition) is 2. The number of anilines is 2. The number of hydrogen-bond acceptors (Lipinski definition) is 6. The van der Waals surface area contributed by atoms with Crippen LogP contribution in [0.4, 0.5) is 21.9 Å². The molecule has 2 rings (SSSR count). The number of carbonyl (C=O) groups excluding carboxylic acids is 1. The predicted octanol–water partition coefficient (Wildman–Crippen LogP) is 4.15. The lowest BCUT2D eigenvalue weighted by Gasteiger charge is -2.09. The van der Waals surface area contributed by atoms with Crippen molar-refractivity contribution in [3.63, 3.8) is 0 Å². The molecule has 0 bridgehead atoms. The van der Waals surface area contributed by atoms with E-state index in [4.69, 9.17) is 4.74 Å². The van der Waals surface area contributed by atoms with Crippen molar-refractivity contribution in [3.05, 3.63) is 50.2 Å². The van der Waals surface area contributed by atoms with Crippen LogP contribution in [0.25, 0.3) is 0 Å². The Balaban J connectivity index is 2.11. The number of thiophene rings is 1. The van der Waals surface area contributed by atoms with Gasteiger partial charge >= 0.3 is 6.09 Å². The van der Waals surface area contributed by atoms with Crippen molar-refractivity contribution >= 4 is 34.5 Å². The molecule has 0 atom stereocenters. The largest absolute Gasteiger partial charge is 0.450 e. The van der Waals surface area contributed by atoms with Crippen LogP contribution in [0, 0.1) is 17.0 Å². The summed E-state index contributed by atoms with van der Waals surface area (Å²) in [6.45, 7) is 4.46. The Morgan fingerprint density at radius 1 is 1.35 bits per heavy atom. The van der Waals surface area contributed by atoms with Crippen LogP contribution in [0.2, 0.25) is 0 Å². The van der Waals surface area contributed by atoms with E-state index >= 15 is 0 Å². The van der Waals surface area contributed by atoms with E-state index < -0.39 is 11.0 Å². The fraction of sp³-hybridized carbons (Fsp3) is 0.267. The molecule has 23 heavy (non-hydrogen) atoms. The van der Waals surface area contributed by atoms with Gasteiger partial charge in [-0.3, -0.25) is 15.4 Å². The lowest BCUT2D eigenvalue weighted by molar-refractivity contribution is -0.383. The molecule has 0 aliphatic rings. The number of nitrogens with zero attached hydrogens (tertiary/aromatic N) is 1. The van der Waals surface area contributed by atoms with E-state index in [-0.39, 0.29) is 18.0 Å². The van der Waals surface area contributed by atoms with Gasteiger partial charge < -0.3 is 10.1 Å². The minimum atomic E-state index is -0.717. The maximum atomic E-state index is 11.4. The molecule has 2 aromatic rings. The summed E-state index contributed by atoms with van der Waals surface area (Å²) in [5.74, 6) is 0. The van der Waals surface area contributed by atoms with Gasteiger partial charge in [0.1, 0.15) is 5.69 Å². The van der Waals surface area contributed by atoms with Crippen LogP contribution in [-0.2, 0) is 11.3 Å². The summed E-state index contributed by atoms with van der Waals surface area (Å²) in [7, 11) is 0. The van der Waals surface area contributed by atoms with E-state index in [0.29, 0.717) is 12.2 Å². The third-order valence-electron chi connectivity index (χ3n) is 2.97. The second kappa shape index (κ2) is 7.59. The van der Waals surface area contributed by atoms with Crippen molar-refractivity contribution in [1.29, 1.82) is 0 Å². The molecule has 0 saturated heterocycles. The Labute approximate surface area is 137 Å². The van der Waals surface area contributed by atoms with Crippen LogP contribution in [0.3, 0.4) is 0 Å². The van der Waals surface area contributed by atoms with Gasteiger partial charge in [0, 0.05) is 28.1 Å². The molecule has 0 radical (unpaired) electrons. The topological polar surface area (TPSA) is 93.5 Å². The number of nitrogens with one attached hydrogen (secondary N) is 2. The summed E-state index contributed by atoms with van der Waals surface area (Å²) in [5.41, 5.74) is 0.522. The van der Waals surface area contributed by atoms with Crippen LogP contribution in [0.15, 0.2) is 30.3 Å². The molecule has 8 heteroatoms. The zero-order valence-electron chi connectivity index (χ0n) is 12.8. The molecule has 1 amide bonds. The van der Waals surface area contributed by atoms with Gasteiger partial charge in [0.05, 0.1) is 11.5 Å². The van der Waals surface area contributed by atoms with E-state index in [1.54, 1.807) is 24.3 Å². The molecule has 7 nitrogen and oxygen atoms in total. The lowest BCUT2D eigenvalue weighted by atomic mass is 10.2. The number of aryl methyl sites for hydroxylation is 1. The number of nitro groups is 1.